The topological polar surface area (TPSA) is 95.6 Å². The first-order valence-electron chi connectivity index (χ1n) is 18.4. The molecule has 2 aliphatic rings. The first-order valence-corrected chi connectivity index (χ1v) is 18.4. The van der Waals surface area contributed by atoms with Crippen LogP contribution in [0.4, 0.5) is 0 Å². The molecule has 8 nitrogen and oxygen atoms in total. The summed E-state index contributed by atoms with van der Waals surface area (Å²) in [6, 6.07) is 3.54. The molecule has 5 rings (SSSR count). The molecule has 0 saturated carbocycles. The predicted molar refractivity (Wildman–Crippen MR) is 199 cm³/mol. The maximum Gasteiger partial charge on any atom is 0.204 e. The van der Waals surface area contributed by atoms with E-state index in [0.717, 1.165) is 67.8 Å². The molecule has 2 aliphatic heterocycles. The van der Waals surface area contributed by atoms with Gasteiger partial charge < -0.3 is 33.9 Å². The van der Waals surface area contributed by atoms with Gasteiger partial charge in [-0.2, -0.15) is 0 Å². The third-order valence-electron chi connectivity index (χ3n) is 9.95. The molecule has 0 spiro atoms. The molecule has 1 aromatic heterocycles. The van der Waals surface area contributed by atoms with E-state index < -0.39 is 6.10 Å². The van der Waals surface area contributed by atoms with Crippen molar-refractivity contribution in [1.82, 2.24) is 9.80 Å². The maximum atomic E-state index is 14.4. The van der Waals surface area contributed by atoms with Crippen LogP contribution in [0.25, 0.3) is 21.9 Å². The Labute approximate surface area is 292 Å². The van der Waals surface area contributed by atoms with Crippen molar-refractivity contribution in [2.75, 3.05) is 52.5 Å². The lowest BCUT2D eigenvalue weighted by Gasteiger charge is -2.29. The molecular formula is C41H58N2O6. The minimum absolute atomic E-state index is 0.0867. The van der Waals surface area contributed by atoms with E-state index in [-0.39, 0.29) is 28.8 Å². The first kappa shape index (κ1) is 36.9. The van der Waals surface area contributed by atoms with Gasteiger partial charge in [0.25, 0.3) is 0 Å². The van der Waals surface area contributed by atoms with Crippen LogP contribution in [-0.4, -0.2) is 78.6 Å². The molecule has 0 aliphatic carbocycles. The summed E-state index contributed by atoms with van der Waals surface area (Å²) in [6.45, 7) is 18.7. The van der Waals surface area contributed by atoms with Crippen molar-refractivity contribution in [2.45, 2.75) is 99.0 Å². The van der Waals surface area contributed by atoms with Gasteiger partial charge >= 0.3 is 0 Å². The maximum absolute atomic E-state index is 14.4. The van der Waals surface area contributed by atoms with Crippen LogP contribution in [0.15, 0.2) is 44.6 Å². The number of ether oxygens (including phenoxy) is 2. The predicted octanol–water partition coefficient (Wildman–Crippen LogP) is 7.70. The molecule has 2 aromatic carbocycles. The number of hydrogen-bond acceptors (Lipinski definition) is 8. The van der Waals surface area contributed by atoms with Gasteiger partial charge in [-0.25, -0.2) is 0 Å². The summed E-state index contributed by atoms with van der Waals surface area (Å²) >= 11 is 0. The molecule has 3 heterocycles. The molecule has 2 saturated heterocycles. The summed E-state index contributed by atoms with van der Waals surface area (Å²) < 4.78 is 19.2. The van der Waals surface area contributed by atoms with E-state index in [0.29, 0.717) is 59.9 Å². The van der Waals surface area contributed by atoms with Gasteiger partial charge in [-0.05, 0) is 110 Å². The number of aromatic hydroxyl groups is 1. The van der Waals surface area contributed by atoms with E-state index >= 15 is 0 Å². The Kier molecular flexibility index (Phi) is 12.9. The highest BCUT2D eigenvalue weighted by Crippen LogP contribution is 2.39. The van der Waals surface area contributed by atoms with E-state index in [1.54, 1.807) is 12.1 Å². The average Bonchev–Trinajstić information content (AvgIpc) is 3.06. The molecule has 2 N–H and O–H groups in total. The van der Waals surface area contributed by atoms with E-state index in [9.17, 15) is 15.0 Å². The van der Waals surface area contributed by atoms with Gasteiger partial charge in [-0.15, -0.1) is 0 Å². The van der Waals surface area contributed by atoms with Gasteiger partial charge in [-0.1, -0.05) is 43.1 Å². The number of benzene rings is 2. The Hall–Kier alpha value is -3.33. The third kappa shape index (κ3) is 9.47. The van der Waals surface area contributed by atoms with Crippen molar-refractivity contribution in [3.63, 3.8) is 0 Å². The number of rotatable bonds is 14. The zero-order chi connectivity index (χ0) is 35.1. The fourth-order valence-electron chi connectivity index (χ4n) is 7.21. The fourth-order valence-corrected chi connectivity index (χ4v) is 7.21. The molecule has 2 fully saturated rings. The summed E-state index contributed by atoms with van der Waals surface area (Å²) in [5, 5.41) is 23.2. The lowest BCUT2D eigenvalue weighted by Crippen LogP contribution is -2.38. The van der Waals surface area contributed by atoms with E-state index in [1.165, 1.54) is 25.7 Å². The quantitative estimate of drug-likeness (QED) is 0.133. The van der Waals surface area contributed by atoms with E-state index in [4.69, 9.17) is 13.9 Å². The minimum atomic E-state index is -0.633. The smallest absolute Gasteiger partial charge is 0.204 e. The number of aliphatic hydroxyl groups excluding tert-OH is 1. The second-order valence-electron chi connectivity index (χ2n) is 14.9. The molecule has 8 heteroatoms. The number of allylic oxidation sites excluding steroid dienone is 4. The summed E-state index contributed by atoms with van der Waals surface area (Å²) in [4.78, 5) is 19.2. The van der Waals surface area contributed by atoms with Crippen LogP contribution in [0.5, 0.6) is 17.2 Å². The fraction of sp³-hybridized carbons (Fsp3) is 0.585. The Balaban J connectivity index is 1.53. The Morgan fingerprint density at radius 3 is 1.94 bits per heavy atom. The van der Waals surface area contributed by atoms with Gasteiger partial charge in [0, 0.05) is 36.7 Å². The van der Waals surface area contributed by atoms with Gasteiger partial charge in [0.1, 0.15) is 46.5 Å². The number of hydrogen-bond donors (Lipinski definition) is 2. The number of nitrogens with zero attached hydrogens (tertiary/aromatic N) is 2. The zero-order valence-electron chi connectivity index (χ0n) is 30.7. The van der Waals surface area contributed by atoms with Crippen LogP contribution in [0.1, 0.15) is 89.8 Å². The van der Waals surface area contributed by atoms with Gasteiger partial charge in [0.15, 0.2) is 0 Å². The zero-order valence-corrected chi connectivity index (χ0v) is 30.7. The van der Waals surface area contributed by atoms with E-state index in [1.807, 2.05) is 40.7 Å². The number of aliphatic hydroxyl groups is 1. The SMILES string of the molecule is CC(C)=CCc1c(OCC(C)CN2CCCCC2)cc2oc3cc(OCC(O)CN4CCCCC4)c(C)c(CC=C(C)C)c3c(=O)c2c1O. The van der Waals surface area contributed by atoms with E-state index in [2.05, 4.69) is 22.8 Å². The molecule has 2 atom stereocenters. The number of likely N-dealkylation sites (tertiary alicyclic amines) is 2. The summed E-state index contributed by atoms with van der Waals surface area (Å²) in [5.74, 6) is 1.32. The van der Waals surface area contributed by atoms with Crippen LogP contribution in [0.2, 0.25) is 0 Å². The lowest BCUT2D eigenvalue weighted by atomic mass is 9.96. The van der Waals surface area contributed by atoms with Crippen molar-refractivity contribution in [3.8, 4) is 17.2 Å². The summed E-state index contributed by atoms with van der Waals surface area (Å²) in [5.41, 5.74) is 4.86. The summed E-state index contributed by atoms with van der Waals surface area (Å²) in [7, 11) is 0. The average molecular weight is 675 g/mol. The third-order valence-corrected chi connectivity index (χ3v) is 9.95. The normalized spacial score (nSPS) is 17.2. The highest BCUT2D eigenvalue weighted by Gasteiger charge is 2.24. The van der Waals surface area contributed by atoms with Gasteiger partial charge in [0.2, 0.25) is 5.43 Å². The largest absolute Gasteiger partial charge is 0.507 e. The van der Waals surface area contributed by atoms with Gasteiger partial charge in [-0.3, -0.25) is 4.79 Å². The number of phenolic OH excluding ortho intramolecular Hbond substituents is 1. The number of β-amino-alcohol motifs (C(OH)–C–C–N with tert-alkyl or cyclic N) is 1. The molecular weight excluding hydrogens is 616 g/mol. The standard InChI is InChI=1S/C41H58N2O6/c1-27(2)13-15-32-30(6)34(48-26-31(44)24-43-19-11-8-12-20-43)21-36-38(32)41(46)39-37(49-36)22-35(33(40(39)45)16-14-28(3)4)47-25-29(5)23-42-17-9-7-10-18-42/h13-14,21-22,29,31,44-45H,7-12,15-20,23-26H2,1-6H3. The van der Waals surface area contributed by atoms with Crippen LogP contribution >= 0.6 is 0 Å². The monoisotopic (exact) mass is 674 g/mol. The molecule has 268 valence electrons. The second kappa shape index (κ2) is 17.1. The molecule has 3 aromatic rings. The van der Waals surface area contributed by atoms with Crippen LogP contribution in [-0.2, 0) is 12.8 Å². The number of phenols is 1. The van der Waals surface area contributed by atoms with Gasteiger partial charge in [0.05, 0.1) is 12.0 Å². The molecule has 0 amide bonds. The molecule has 2 unspecified atom stereocenters. The molecule has 0 bridgehead atoms. The Morgan fingerprint density at radius 1 is 0.796 bits per heavy atom. The highest BCUT2D eigenvalue weighted by molar-refractivity contribution is 5.97. The second-order valence-corrected chi connectivity index (χ2v) is 14.9. The van der Waals surface area contributed by atoms with Crippen molar-refractivity contribution < 1.29 is 24.1 Å². The Morgan fingerprint density at radius 2 is 1.33 bits per heavy atom. The number of piperidine rings is 2. The van der Waals surface area contributed by atoms with Crippen molar-refractivity contribution in [3.05, 3.63) is 62.3 Å². The Bertz CT molecular complexity index is 1700. The van der Waals surface area contributed by atoms with Crippen LogP contribution < -0.4 is 14.9 Å². The van der Waals surface area contributed by atoms with Crippen LogP contribution in [0.3, 0.4) is 0 Å². The van der Waals surface area contributed by atoms with Crippen molar-refractivity contribution in [2.24, 2.45) is 5.92 Å². The number of fused-ring (bicyclic) bond motifs is 2. The van der Waals surface area contributed by atoms with Crippen LogP contribution in [0, 0.1) is 12.8 Å². The molecule has 49 heavy (non-hydrogen) atoms. The molecule has 0 radical (unpaired) electrons. The van der Waals surface area contributed by atoms with Crippen molar-refractivity contribution in [1.29, 1.82) is 0 Å². The van der Waals surface area contributed by atoms with Crippen molar-refractivity contribution >= 4 is 21.9 Å². The first-order chi connectivity index (χ1) is 23.5. The highest BCUT2D eigenvalue weighted by atomic mass is 16.5. The summed E-state index contributed by atoms with van der Waals surface area (Å²) in [6.07, 6.45) is 11.8. The minimum Gasteiger partial charge on any atom is -0.507 e. The lowest BCUT2D eigenvalue weighted by molar-refractivity contribution is 0.0615.